The molecule has 0 aliphatic heterocycles. The molecule has 0 spiro atoms. The lowest BCUT2D eigenvalue weighted by Crippen LogP contribution is -2.49. The maximum Gasteiger partial charge on any atom is 0.323 e. The first kappa shape index (κ1) is 65.6. The number of nitrogens with zero attached hydrogens (tertiary/aromatic N) is 4. The van der Waals surface area contributed by atoms with Crippen LogP contribution >= 0.6 is 0 Å². The van der Waals surface area contributed by atoms with E-state index in [0.717, 1.165) is 5.56 Å². The number of pyridine rings is 2. The van der Waals surface area contributed by atoms with E-state index >= 15 is 0 Å². The molecule has 0 radical (unpaired) electrons. The first-order valence-corrected chi connectivity index (χ1v) is 28.5. The van der Waals surface area contributed by atoms with Crippen molar-refractivity contribution in [2.75, 3.05) is 76.6 Å². The van der Waals surface area contributed by atoms with Gasteiger partial charge in [0.05, 0.1) is 55.2 Å². The van der Waals surface area contributed by atoms with Crippen LogP contribution in [0.15, 0.2) is 111 Å². The first-order chi connectivity index (χ1) is 39.8. The van der Waals surface area contributed by atoms with Gasteiger partial charge >= 0.3 is 5.97 Å². The van der Waals surface area contributed by atoms with Gasteiger partial charge in [-0.25, -0.2) is 18.4 Å². The Kier molecular flexibility index (Phi) is 26.1. The van der Waals surface area contributed by atoms with Gasteiger partial charge in [-0.05, 0) is 92.3 Å². The zero-order valence-corrected chi connectivity index (χ0v) is 46.7. The summed E-state index contributed by atoms with van der Waals surface area (Å²) in [6, 6.07) is 15.2. The standard InChI is InChI=1S/C53H65N11O15S2.CH4.FH/c1-35-27-40(28-36(2)49(35)80(71,72)63-43(52(69)70)33-59-51(68)42-34-64(3)44-29-37(12-14-41(44)48(42)66)30-60-53-56-18-19-57-53)79-22-6-11-47(65)54-16-7-20-76-23-25-78-26-24-77-21-8-17-55-50(67)39-13-15-46(58-31-39)62-61-32-38-9-4-5-10-45(38)81(73,74)75;;/h4-5,9-10,12-15,18-19,27-29,31-32,34,43,63H,6-8,11,16-17,20-26,30,33H2,1-3H3,(H,54,65)(H,55,67)(H,58,62)(H,59,68)(H,69,70)(H2,56,57,60)(H,73,74,75);1H4;1H/b61-32+;;/i/hT. The van der Waals surface area contributed by atoms with Gasteiger partial charge in [-0.15, -0.1) is 0 Å². The molecule has 6 rings (SSSR count). The zero-order valence-electron chi connectivity index (χ0n) is 46.1. The number of benzene rings is 3. The van der Waals surface area contributed by atoms with Gasteiger partial charge in [0, 0.05) is 88.6 Å². The Labute approximate surface area is 480 Å². The topological polar surface area (TPSA) is 362 Å². The molecule has 1 atom stereocenters. The molecule has 1 unspecified atom stereocenters. The molecule has 0 aliphatic rings. The minimum atomic E-state index is -4.45. The number of hydrogen-bond donors (Lipinski definition) is 9. The van der Waals surface area contributed by atoms with Crippen molar-refractivity contribution in [3.63, 3.8) is 0 Å². The van der Waals surface area contributed by atoms with Crippen molar-refractivity contribution >= 4 is 72.7 Å². The Hall–Kier alpha value is -8.19. The van der Waals surface area contributed by atoms with E-state index in [2.05, 4.69) is 52.9 Å². The number of aromatic amines is 1. The SMILES string of the molecule is C.Cc1cc(OCCCC(=O)NCCCOCCOCCOCCCNC(=O)c2ccc(N/N=C/c3ccccc3S(=O)(=O)O)nc2)cc(C)c1S(=O)(=O)NC(CNC(=O)c1cn(C)c2cc(CNc3ncc[nH]3)ccc2c1=O)C(=O)O.[3H]F. The number of hydrazone groups is 1. The molecule has 0 aliphatic carbocycles. The number of hydrogen-bond acceptors (Lipinski definition) is 18. The van der Waals surface area contributed by atoms with E-state index in [4.69, 9.17) is 23.7 Å². The van der Waals surface area contributed by atoms with E-state index in [1.54, 1.807) is 54.3 Å². The minimum absolute atomic E-state index is 0. The van der Waals surface area contributed by atoms with Crippen LogP contribution in [0.4, 0.5) is 16.5 Å². The molecular formula is C54H70FN11O15S2. The minimum Gasteiger partial charge on any atom is -0.494 e. The Morgan fingerprint density at radius 3 is 2.16 bits per heavy atom. The third-order valence-corrected chi connectivity index (χ3v) is 14.6. The molecule has 0 saturated carbocycles. The number of carbonyl (C=O) groups is 4. The van der Waals surface area contributed by atoms with E-state index < -0.39 is 50.0 Å². The van der Waals surface area contributed by atoms with Gasteiger partial charge in [0.25, 0.3) is 23.4 Å². The molecule has 0 saturated heterocycles. The van der Waals surface area contributed by atoms with Crippen molar-refractivity contribution in [3.8, 4) is 5.75 Å². The maximum atomic E-state index is 13.6. The zero-order chi connectivity index (χ0) is 60.4. The molecule has 3 aromatic heterocycles. The maximum absolute atomic E-state index is 13.6. The fourth-order valence-electron chi connectivity index (χ4n) is 8.00. The number of carbonyl (C=O) groups excluding carboxylic acids is 3. The summed E-state index contributed by atoms with van der Waals surface area (Å²) in [5.74, 6) is -1.69. The van der Waals surface area contributed by atoms with Crippen molar-refractivity contribution in [3.05, 3.63) is 135 Å². The van der Waals surface area contributed by atoms with Crippen LogP contribution in [0, 0.1) is 13.8 Å². The van der Waals surface area contributed by atoms with E-state index in [0.29, 0.717) is 107 Å². The molecule has 3 heterocycles. The number of imidazole rings is 1. The summed E-state index contributed by atoms with van der Waals surface area (Å²) in [5.41, 5.74) is 4.26. The summed E-state index contributed by atoms with van der Waals surface area (Å²) in [7, 11) is -7.21. The second-order valence-corrected chi connectivity index (χ2v) is 21.2. The van der Waals surface area contributed by atoms with Crippen LogP contribution in [0.3, 0.4) is 0 Å². The fourth-order valence-corrected chi connectivity index (χ4v) is 10.3. The lowest BCUT2D eigenvalue weighted by Gasteiger charge is -2.19. The highest BCUT2D eigenvalue weighted by Gasteiger charge is 2.29. The quantitative estimate of drug-likeness (QED) is 0.0119. The predicted octanol–water partition coefficient (Wildman–Crippen LogP) is 4.06. The summed E-state index contributed by atoms with van der Waals surface area (Å²) < 4.78 is 98.9. The number of amides is 3. The number of carboxylic acids is 1. The highest BCUT2D eigenvalue weighted by atomic mass is 32.2. The number of carboxylic acid groups (broad SMARTS) is 1. The number of rotatable bonds is 34. The Bertz CT molecular complexity index is 3430. The van der Waals surface area contributed by atoms with Crippen LogP contribution in [-0.2, 0) is 57.5 Å². The van der Waals surface area contributed by atoms with Crippen molar-refractivity contribution in [2.45, 2.75) is 69.3 Å². The number of aryl methyl sites for hydroxylation is 3. The van der Waals surface area contributed by atoms with Gasteiger partial charge in [0.1, 0.15) is 28.1 Å². The Morgan fingerprint density at radius 1 is 0.843 bits per heavy atom. The summed E-state index contributed by atoms with van der Waals surface area (Å²) in [5, 5.41) is 25.3. The summed E-state index contributed by atoms with van der Waals surface area (Å²) >= 11 is 0. The smallest absolute Gasteiger partial charge is 0.323 e. The van der Waals surface area contributed by atoms with Crippen molar-refractivity contribution in [2.24, 2.45) is 12.1 Å². The van der Waals surface area contributed by atoms with Crippen LogP contribution in [-0.4, -0.2) is 149 Å². The summed E-state index contributed by atoms with van der Waals surface area (Å²) in [4.78, 5) is 74.5. The van der Waals surface area contributed by atoms with E-state index in [1.807, 2.05) is 0 Å². The van der Waals surface area contributed by atoms with Crippen molar-refractivity contribution in [1.29, 1.82) is 1.45 Å². The van der Waals surface area contributed by atoms with Gasteiger partial charge < -0.3 is 54.9 Å². The van der Waals surface area contributed by atoms with Gasteiger partial charge in [-0.3, -0.25) is 38.7 Å². The van der Waals surface area contributed by atoms with Crippen molar-refractivity contribution in [1.82, 2.24) is 40.2 Å². The lowest BCUT2D eigenvalue weighted by atomic mass is 10.1. The van der Waals surface area contributed by atoms with E-state index in [9.17, 15) is 50.5 Å². The number of H-pyrrole nitrogens is 1. The predicted molar refractivity (Wildman–Crippen MR) is 308 cm³/mol. The van der Waals surface area contributed by atoms with Gasteiger partial charge in [-0.1, -0.05) is 31.7 Å². The molecule has 6 aromatic rings. The number of fused-ring (bicyclic) bond motifs is 1. The van der Waals surface area contributed by atoms with E-state index in [1.165, 1.54) is 68.9 Å². The molecule has 29 heteroatoms. The van der Waals surface area contributed by atoms with Crippen LogP contribution in [0.25, 0.3) is 10.9 Å². The number of sulfonamides is 1. The molecule has 9 N–H and O–H groups in total. The second-order valence-electron chi connectivity index (χ2n) is 18.2. The Balaban J connectivity index is 0.00000499. The van der Waals surface area contributed by atoms with Crippen molar-refractivity contribution < 1.29 is 69.3 Å². The Morgan fingerprint density at radius 2 is 1.52 bits per heavy atom. The molecule has 450 valence electrons. The normalized spacial score (nSPS) is 11.8. The molecule has 26 nitrogen and oxygen atoms in total. The lowest BCUT2D eigenvalue weighted by molar-refractivity contribution is -0.138. The van der Waals surface area contributed by atoms with Crippen LogP contribution in [0.2, 0.25) is 0 Å². The highest BCUT2D eigenvalue weighted by Crippen LogP contribution is 2.26. The average Bonchev–Trinajstić information content (AvgIpc) is 4.11. The molecule has 3 amide bonds. The third kappa shape index (κ3) is 20.9. The van der Waals surface area contributed by atoms with Gasteiger partial charge in [0.15, 0.2) is 5.95 Å². The number of halogens is 1. The number of anilines is 2. The van der Waals surface area contributed by atoms with Gasteiger partial charge in [0.2, 0.25) is 21.4 Å². The molecule has 0 fully saturated rings. The van der Waals surface area contributed by atoms with Crippen LogP contribution in [0.1, 0.15) is 76.1 Å². The summed E-state index contributed by atoms with van der Waals surface area (Å²) in [6.07, 6.45) is 8.93. The molecule has 3 aromatic carbocycles. The largest absolute Gasteiger partial charge is 0.494 e. The number of aliphatic carboxylic acids is 1. The second kappa shape index (κ2) is 33.0. The monoisotopic (exact) mass is 1200 g/mol. The highest BCUT2D eigenvalue weighted by molar-refractivity contribution is 7.89. The molecule has 0 bridgehead atoms. The molecule has 83 heavy (non-hydrogen) atoms. The number of ether oxygens (including phenoxy) is 4. The fraction of sp³-hybridized carbons (Fsp3) is 0.370. The summed E-state index contributed by atoms with van der Waals surface area (Å²) in [6.45, 7) is 6.01. The van der Waals surface area contributed by atoms with Crippen LogP contribution in [0.5, 0.6) is 5.75 Å². The van der Waals surface area contributed by atoms with Crippen LogP contribution < -0.4 is 41.6 Å². The molecular weight excluding hydrogens is 1130 g/mol. The first-order valence-electron chi connectivity index (χ1n) is 25.9. The number of aromatic nitrogens is 4. The average molecular weight is 1200 g/mol. The number of nitrogens with one attached hydrogen (secondary N) is 7. The van der Waals surface area contributed by atoms with E-state index in [-0.39, 0.29) is 69.7 Å². The third-order valence-electron chi connectivity index (χ3n) is 11.9. The van der Waals surface area contributed by atoms with Gasteiger partial charge in [-0.2, -0.15) is 18.2 Å².